The molecular formula is C13H17N3O4. The molecule has 1 aromatic rings. The number of nitrogens with one attached hydrogen (secondary N) is 2. The van der Waals surface area contributed by atoms with Gasteiger partial charge in [0.2, 0.25) is 5.91 Å². The van der Waals surface area contributed by atoms with Crippen LogP contribution >= 0.6 is 0 Å². The van der Waals surface area contributed by atoms with E-state index in [1.807, 2.05) is 0 Å². The molecule has 0 unspecified atom stereocenters. The van der Waals surface area contributed by atoms with E-state index in [-0.39, 0.29) is 13.0 Å². The number of anilines is 1. The van der Waals surface area contributed by atoms with Gasteiger partial charge in [-0.05, 0) is 30.7 Å². The molecule has 0 aliphatic heterocycles. The van der Waals surface area contributed by atoms with Crippen LogP contribution in [0.2, 0.25) is 0 Å². The highest BCUT2D eigenvalue weighted by atomic mass is 16.4. The van der Waals surface area contributed by atoms with E-state index in [0.29, 0.717) is 11.3 Å². The van der Waals surface area contributed by atoms with Crippen molar-refractivity contribution in [3.63, 3.8) is 0 Å². The highest BCUT2D eigenvalue weighted by molar-refractivity contribution is 5.97. The molecule has 0 fully saturated rings. The SMILES string of the molecule is CC[C@@H](NC(=O)CNC(=O)c1ccc(N)cc1)C(=O)O. The molecule has 0 aliphatic carbocycles. The van der Waals surface area contributed by atoms with E-state index < -0.39 is 23.8 Å². The van der Waals surface area contributed by atoms with Crippen LogP contribution in [0.3, 0.4) is 0 Å². The molecular weight excluding hydrogens is 262 g/mol. The lowest BCUT2D eigenvalue weighted by molar-refractivity contribution is -0.141. The molecule has 0 bridgehead atoms. The van der Waals surface area contributed by atoms with Gasteiger partial charge in [0.25, 0.3) is 5.91 Å². The number of aliphatic carboxylic acids is 1. The minimum absolute atomic E-state index is 0.271. The molecule has 7 nitrogen and oxygen atoms in total. The van der Waals surface area contributed by atoms with E-state index in [2.05, 4.69) is 10.6 Å². The Bertz CT molecular complexity index is 499. The van der Waals surface area contributed by atoms with Crippen molar-refractivity contribution in [2.45, 2.75) is 19.4 Å². The monoisotopic (exact) mass is 279 g/mol. The van der Waals surface area contributed by atoms with Crippen molar-refractivity contribution in [2.75, 3.05) is 12.3 Å². The molecule has 2 amide bonds. The normalized spacial score (nSPS) is 11.4. The summed E-state index contributed by atoms with van der Waals surface area (Å²) in [6.45, 7) is 1.36. The van der Waals surface area contributed by atoms with Crippen LogP contribution in [0.5, 0.6) is 0 Å². The van der Waals surface area contributed by atoms with Gasteiger partial charge in [-0.3, -0.25) is 9.59 Å². The van der Waals surface area contributed by atoms with Gasteiger partial charge < -0.3 is 21.5 Å². The highest BCUT2D eigenvalue weighted by Crippen LogP contribution is 2.04. The van der Waals surface area contributed by atoms with E-state index >= 15 is 0 Å². The van der Waals surface area contributed by atoms with Crippen molar-refractivity contribution in [3.05, 3.63) is 29.8 Å². The lowest BCUT2D eigenvalue weighted by atomic mass is 10.2. The van der Waals surface area contributed by atoms with E-state index in [1.54, 1.807) is 19.1 Å². The van der Waals surface area contributed by atoms with Crippen molar-refractivity contribution in [1.29, 1.82) is 0 Å². The van der Waals surface area contributed by atoms with Gasteiger partial charge in [0.15, 0.2) is 0 Å². The van der Waals surface area contributed by atoms with Crippen LogP contribution in [0, 0.1) is 0 Å². The Morgan fingerprint density at radius 3 is 2.35 bits per heavy atom. The predicted molar refractivity (Wildman–Crippen MR) is 73.0 cm³/mol. The Hall–Kier alpha value is -2.57. The molecule has 0 aromatic heterocycles. The molecule has 1 aromatic carbocycles. The molecule has 7 heteroatoms. The second-order valence-electron chi connectivity index (χ2n) is 4.17. The van der Waals surface area contributed by atoms with Crippen LogP contribution in [-0.2, 0) is 9.59 Å². The minimum atomic E-state index is -1.11. The molecule has 108 valence electrons. The average molecular weight is 279 g/mol. The summed E-state index contributed by atoms with van der Waals surface area (Å²) in [5, 5.41) is 13.5. The summed E-state index contributed by atoms with van der Waals surface area (Å²) < 4.78 is 0. The summed E-state index contributed by atoms with van der Waals surface area (Å²) in [4.78, 5) is 33.9. The van der Waals surface area contributed by atoms with Crippen molar-refractivity contribution in [2.24, 2.45) is 0 Å². The van der Waals surface area contributed by atoms with Crippen molar-refractivity contribution in [1.82, 2.24) is 10.6 Å². The van der Waals surface area contributed by atoms with Crippen molar-refractivity contribution >= 4 is 23.5 Å². The zero-order valence-corrected chi connectivity index (χ0v) is 11.1. The Morgan fingerprint density at radius 2 is 1.85 bits per heavy atom. The Morgan fingerprint density at radius 1 is 1.25 bits per heavy atom. The second-order valence-corrected chi connectivity index (χ2v) is 4.17. The van der Waals surface area contributed by atoms with Crippen LogP contribution in [0.15, 0.2) is 24.3 Å². The van der Waals surface area contributed by atoms with E-state index in [0.717, 1.165) is 0 Å². The van der Waals surface area contributed by atoms with Gasteiger partial charge in [0.05, 0.1) is 6.54 Å². The molecule has 0 radical (unpaired) electrons. The number of nitrogen functional groups attached to an aromatic ring is 1. The summed E-state index contributed by atoms with van der Waals surface area (Å²) in [6, 6.07) is 5.28. The number of carbonyl (C=O) groups excluding carboxylic acids is 2. The quantitative estimate of drug-likeness (QED) is 0.545. The summed E-state index contributed by atoms with van der Waals surface area (Å²) >= 11 is 0. The largest absolute Gasteiger partial charge is 0.480 e. The number of rotatable bonds is 6. The summed E-state index contributed by atoms with van der Waals surface area (Å²) in [7, 11) is 0. The smallest absolute Gasteiger partial charge is 0.326 e. The molecule has 5 N–H and O–H groups in total. The van der Waals surface area contributed by atoms with Gasteiger partial charge in [-0.25, -0.2) is 4.79 Å². The molecule has 0 heterocycles. The summed E-state index contributed by atoms with van der Waals surface area (Å²) in [5.74, 6) is -2.09. The predicted octanol–water partition coefficient (Wildman–Crippen LogP) is -0.0220. The maximum Gasteiger partial charge on any atom is 0.326 e. The van der Waals surface area contributed by atoms with Crippen LogP contribution in [-0.4, -0.2) is 35.5 Å². The first-order chi connectivity index (χ1) is 9.43. The maximum atomic E-state index is 11.7. The van der Waals surface area contributed by atoms with E-state index in [4.69, 9.17) is 10.8 Å². The highest BCUT2D eigenvalue weighted by Gasteiger charge is 2.17. The van der Waals surface area contributed by atoms with Gasteiger partial charge in [-0.2, -0.15) is 0 Å². The molecule has 0 saturated heterocycles. The van der Waals surface area contributed by atoms with Gasteiger partial charge in [-0.1, -0.05) is 6.92 Å². The van der Waals surface area contributed by atoms with Crippen LogP contribution < -0.4 is 16.4 Å². The standard InChI is InChI=1S/C13H17N3O4/c1-2-10(13(19)20)16-11(17)7-15-12(18)8-3-5-9(14)6-4-8/h3-6,10H,2,7,14H2,1H3,(H,15,18)(H,16,17)(H,19,20)/t10-/m1/s1. The Labute approximate surface area is 116 Å². The zero-order chi connectivity index (χ0) is 15.1. The van der Waals surface area contributed by atoms with Crippen LogP contribution in [0.4, 0.5) is 5.69 Å². The van der Waals surface area contributed by atoms with Crippen molar-refractivity contribution in [3.8, 4) is 0 Å². The lowest BCUT2D eigenvalue weighted by Crippen LogP contribution is -2.45. The maximum absolute atomic E-state index is 11.7. The van der Waals surface area contributed by atoms with Crippen LogP contribution in [0.25, 0.3) is 0 Å². The minimum Gasteiger partial charge on any atom is -0.480 e. The van der Waals surface area contributed by atoms with Gasteiger partial charge in [0.1, 0.15) is 6.04 Å². The average Bonchev–Trinajstić information content (AvgIpc) is 2.42. The lowest BCUT2D eigenvalue weighted by Gasteiger charge is -2.12. The van der Waals surface area contributed by atoms with Gasteiger partial charge in [0, 0.05) is 11.3 Å². The number of amides is 2. The molecule has 0 spiro atoms. The first-order valence-corrected chi connectivity index (χ1v) is 6.10. The van der Waals surface area contributed by atoms with Gasteiger partial charge in [-0.15, -0.1) is 0 Å². The fraction of sp³-hybridized carbons (Fsp3) is 0.308. The number of nitrogens with two attached hydrogens (primary N) is 1. The number of carboxylic acid groups (broad SMARTS) is 1. The summed E-state index contributed by atoms with van der Waals surface area (Å²) in [6.07, 6.45) is 0.271. The molecule has 0 aliphatic rings. The summed E-state index contributed by atoms with van der Waals surface area (Å²) in [5.41, 5.74) is 6.40. The second kappa shape index (κ2) is 7.13. The Balaban J connectivity index is 2.46. The first kappa shape index (κ1) is 15.5. The fourth-order valence-corrected chi connectivity index (χ4v) is 1.48. The number of carboxylic acids is 1. The topological polar surface area (TPSA) is 122 Å². The van der Waals surface area contributed by atoms with Crippen LogP contribution in [0.1, 0.15) is 23.7 Å². The molecule has 1 atom stereocenters. The fourth-order valence-electron chi connectivity index (χ4n) is 1.48. The molecule has 1 rings (SSSR count). The third-order valence-corrected chi connectivity index (χ3v) is 2.62. The number of hydrogen-bond donors (Lipinski definition) is 4. The van der Waals surface area contributed by atoms with Gasteiger partial charge >= 0.3 is 5.97 Å². The van der Waals surface area contributed by atoms with E-state index in [1.165, 1.54) is 12.1 Å². The number of benzene rings is 1. The number of hydrogen-bond acceptors (Lipinski definition) is 4. The van der Waals surface area contributed by atoms with E-state index in [9.17, 15) is 14.4 Å². The third-order valence-electron chi connectivity index (χ3n) is 2.62. The number of carbonyl (C=O) groups is 3. The third kappa shape index (κ3) is 4.60. The molecule has 20 heavy (non-hydrogen) atoms. The van der Waals surface area contributed by atoms with Crippen molar-refractivity contribution < 1.29 is 19.5 Å². The first-order valence-electron chi connectivity index (χ1n) is 6.10. The molecule has 0 saturated carbocycles. The Kier molecular flexibility index (Phi) is 5.52. The zero-order valence-electron chi connectivity index (χ0n) is 11.1.